The number of hydrogen-bond donors (Lipinski definition) is 0. The number of carbonyl (C=O) groups excluding carboxylic acids is 1. The molecule has 8 nitrogen and oxygen atoms in total. The highest BCUT2D eigenvalue weighted by molar-refractivity contribution is 6.33. The number of morpholine rings is 1. The molecule has 0 saturated carbocycles. The molecule has 150 valence electrons. The molecule has 0 aromatic carbocycles. The van der Waals surface area contributed by atoms with Crippen LogP contribution in [-0.4, -0.2) is 58.8 Å². The minimum Gasteiger partial charge on any atom is -0.378 e. The predicted molar refractivity (Wildman–Crippen MR) is 104 cm³/mol. The van der Waals surface area contributed by atoms with Crippen molar-refractivity contribution in [3.05, 3.63) is 34.6 Å². The molecule has 2 saturated heterocycles. The average molecular weight is 406 g/mol. The van der Waals surface area contributed by atoms with Gasteiger partial charge in [0, 0.05) is 31.7 Å². The average Bonchev–Trinajstić information content (AvgIpc) is 3.37. The molecule has 1 amide bonds. The number of amides is 1. The molecule has 1 unspecified atom stereocenters. The maximum atomic E-state index is 12.7. The Morgan fingerprint density at radius 3 is 2.75 bits per heavy atom. The normalized spacial score (nSPS) is 20.2. The fraction of sp³-hybridized carbons (Fsp3) is 0.579. The van der Waals surface area contributed by atoms with Crippen molar-refractivity contribution in [3.8, 4) is 0 Å². The van der Waals surface area contributed by atoms with Gasteiger partial charge in [0.25, 0.3) is 5.91 Å². The van der Waals surface area contributed by atoms with Crippen molar-refractivity contribution in [2.24, 2.45) is 0 Å². The molecular formula is C19H24ClN5O3. The summed E-state index contributed by atoms with van der Waals surface area (Å²) in [6.07, 6.45) is 3.50. The molecule has 9 heteroatoms. The van der Waals surface area contributed by atoms with Gasteiger partial charge in [-0.3, -0.25) is 4.79 Å². The van der Waals surface area contributed by atoms with Crippen LogP contribution in [0.5, 0.6) is 0 Å². The summed E-state index contributed by atoms with van der Waals surface area (Å²) < 4.78 is 10.7. The van der Waals surface area contributed by atoms with Gasteiger partial charge in [-0.15, -0.1) is 0 Å². The highest BCUT2D eigenvalue weighted by Crippen LogP contribution is 2.37. The standard InChI is InChI=1S/C19H24ClN5O3/c1-12(2)18-22-16(23-28-18)15-4-3-5-25(15)17-14(20)10-13(11-21-17)19(26)24-6-8-27-9-7-24/h10-12,15H,3-9H2,1-2H3. The predicted octanol–water partition coefficient (Wildman–Crippen LogP) is 3.06. The minimum absolute atomic E-state index is 0.0259. The highest BCUT2D eigenvalue weighted by atomic mass is 35.5. The van der Waals surface area contributed by atoms with Crippen molar-refractivity contribution in [1.82, 2.24) is 20.0 Å². The summed E-state index contributed by atoms with van der Waals surface area (Å²) in [5.74, 6) is 2.06. The first-order chi connectivity index (χ1) is 13.5. The molecule has 0 spiro atoms. The Bertz CT molecular complexity index is 850. The molecule has 28 heavy (non-hydrogen) atoms. The molecule has 1 atom stereocenters. The summed E-state index contributed by atoms with van der Waals surface area (Å²) in [5, 5.41) is 4.62. The Balaban J connectivity index is 1.55. The van der Waals surface area contributed by atoms with Gasteiger partial charge in [-0.2, -0.15) is 4.98 Å². The minimum atomic E-state index is -0.0676. The molecular weight excluding hydrogens is 382 g/mol. The van der Waals surface area contributed by atoms with Crippen LogP contribution in [0.1, 0.15) is 60.7 Å². The molecule has 2 fully saturated rings. The first-order valence-corrected chi connectivity index (χ1v) is 10.0. The van der Waals surface area contributed by atoms with E-state index in [4.69, 9.17) is 20.9 Å². The number of nitrogens with zero attached hydrogens (tertiary/aromatic N) is 5. The van der Waals surface area contributed by atoms with E-state index in [0.717, 1.165) is 19.4 Å². The van der Waals surface area contributed by atoms with Crippen LogP contribution in [-0.2, 0) is 4.74 Å². The van der Waals surface area contributed by atoms with Gasteiger partial charge in [-0.25, -0.2) is 4.98 Å². The number of pyridine rings is 1. The maximum absolute atomic E-state index is 12.7. The number of carbonyl (C=O) groups is 1. The Labute approximate surface area is 168 Å². The maximum Gasteiger partial charge on any atom is 0.255 e. The van der Waals surface area contributed by atoms with Gasteiger partial charge in [0.05, 0.1) is 29.8 Å². The van der Waals surface area contributed by atoms with E-state index in [1.165, 1.54) is 0 Å². The van der Waals surface area contributed by atoms with Gasteiger partial charge in [0.2, 0.25) is 5.89 Å². The SMILES string of the molecule is CC(C)c1nc(C2CCCN2c2ncc(C(=O)N3CCOCC3)cc2Cl)no1. The topological polar surface area (TPSA) is 84.6 Å². The van der Waals surface area contributed by atoms with E-state index >= 15 is 0 Å². The van der Waals surface area contributed by atoms with E-state index in [9.17, 15) is 4.79 Å². The fourth-order valence-corrected chi connectivity index (χ4v) is 3.89. The second kappa shape index (κ2) is 8.05. The van der Waals surface area contributed by atoms with Crippen LogP contribution in [0.3, 0.4) is 0 Å². The third kappa shape index (κ3) is 3.71. The van der Waals surface area contributed by atoms with Crippen LogP contribution < -0.4 is 4.90 Å². The van der Waals surface area contributed by atoms with Crippen LogP contribution >= 0.6 is 11.6 Å². The monoisotopic (exact) mass is 405 g/mol. The summed E-state index contributed by atoms with van der Waals surface area (Å²) in [7, 11) is 0. The molecule has 2 aromatic heterocycles. The van der Waals surface area contributed by atoms with Crippen molar-refractivity contribution < 1.29 is 14.1 Å². The van der Waals surface area contributed by atoms with E-state index in [2.05, 4.69) is 20.0 Å². The summed E-state index contributed by atoms with van der Waals surface area (Å²) in [4.78, 5) is 25.6. The van der Waals surface area contributed by atoms with Gasteiger partial charge in [-0.05, 0) is 18.9 Å². The number of halogens is 1. The molecule has 2 aliphatic heterocycles. The lowest BCUT2D eigenvalue weighted by Gasteiger charge is -2.27. The lowest BCUT2D eigenvalue weighted by Crippen LogP contribution is -2.40. The van der Waals surface area contributed by atoms with E-state index in [-0.39, 0.29) is 17.9 Å². The van der Waals surface area contributed by atoms with Crippen LogP contribution in [0.2, 0.25) is 5.02 Å². The molecule has 0 N–H and O–H groups in total. The lowest BCUT2D eigenvalue weighted by atomic mass is 10.2. The molecule has 0 bridgehead atoms. The smallest absolute Gasteiger partial charge is 0.255 e. The first kappa shape index (κ1) is 19.1. The summed E-state index contributed by atoms with van der Waals surface area (Å²) in [5.41, 5.74) is 0.494. The van der Waals surface area contributed by atoms with Crippen LogP contribution in [0.25, 0.3) is 0 Å². The number of aromatic nitrogens is 3. The second-order valence-corrected chi connectivity index (χ2v) is 7.84. The largest absolute Gasteiger partial charge is 0.378 e. The van der Waals surface area contributed by atoms with Gasteiger partial charge in [0.15, 0.2) is 5.82 Å². The van der Waals surface area contributed by atoms with E-state index in [0.29, 0.717) is 54.4 Å². The van der Waals surface area contributed by atoms with E-state index in [1.54, 1.807) is 17.2 Å². The number of rotatable bonds is 4. The Morgan fingerprint density at radius 2 is 2.07 bits per heavy atom. The molecule has 2 aromatic rings. The molecule has 4 rings (SSSR count). The fourth-order valence-electron chi connectivity index (χ4n) is 3.61. The van der Waals surface area contributed by atoms with Crippen LogP contribution in [0.15, 0.2) is 16.8 Å². The Kier molecular flexibility index (Phi) is 5.50. The van der Waals surface area contributed by atoms with E-state index in [1.807, 2.05) is 13.8 Å². The quantitative estimate of drug-likeness (QED) is 0.772. The molecule has 2 aliphatic rings. The first-order valence-electron chi connectivity index (χ1n) is 9.67. The van der Waals surface area contributed by atoms with E-state index < -0.39 is 0 Å². The van der Waals surface area contributed by atoms with Gasteiger partial charge >= 0.3 is 0 Å². The van der Waals surface area contributed by atoms with Gasteiger partial charge in [-0.1, -0.05) is 30.6 Å². The summed E-state index contributed by atoms with van der Waals surface area (Å²) in [6.45, 7) is 7.14. The van der Waals surface area contributed by atoms with Gasteiger partial charge < -0.3 is 19.1 Å². The second-order valence-electron chi connectivity index (χ2n) is 7.43. The number of anilines is 1. The van der Waals surface area contributed by atoms with Crippen molar-refractivity contribution in [1.29, 1.82) is 0 Å². The molecule has 0 aliphatic carbocycles. The summed E-state index contributed by atoms with van der Waals surface area (Å²) >= 11 is 6.54. The summed E-state index contributed by atoms with van der Waals surface area (Å²) in [6, 6.07) is 1.68. The number of hydrogen-bond acceptors (Lipinski definition) is 7. The lowest BCUT2D eigenvalue weighted by molar-refractivity contribution is 0.0302. The Hall–Kier alpha value is -2.19. The van der Waals surface area contributed by atoms with Gasteiger partial charge in [0.1, 0.15) is 5.82 Å². The van der Waals surface area contributed by atoms with Crippen molar-refractivity contribution in [2.45, 2.75) is 38.6 Å². The third-order valence-corrected chi connectivity index (χ3v) is 5.42. The van der Waals surface area contributed by atoms with Crippen molar-refractivity contribution >= 4 is 23.3 Å². The molecule has 4 heterocycles. The number of ether oxygens (including phenoxy) is 1. The zero-order valence-corrected chi connectivity index (χ0v) is 16.9. The highest BCUT2D eigenvalue weighted by Gasteiger charge is 2.33. The van der Waals surface area contributed by atoms with Crippen LogP contribution in [0.4, 0.5) is 5.82 Å². The third-order valence-electron chi connectivity index (χ3n) is 5.14. The Morgan fingerprint density at radius 1 is 1.29 bits per heavy atom. The van der Waals surface area contributed by atoms with Crippen molar-refractivity contribution in [3.63, 3.8) is 0 Å². The zero-order valence-electron chi connectivity index (χ0n) is 16.1. The van der Waals surface area contributed by atoms with Crippen molar-refractivity contribution in [2.75, 3.05) is 37.7 Å². The molecule has 0 radical (unpaired) electrons. The zero-order chi connectivity index (χ0) is 19.7. The van der Waals surface area contributed by atoms with Crippen LogP contribution in [0, 0.1) is 0 Å².